The molecule has 0 radical (unpaired) electrons. The average Bonchev–Trinajstić information content (AvgIpc) is 2.86. The van der Waals surface area contributed by atoms with Crippen LogP contribution in [0.3, 0.4) is 0 Å². The Morgan fingerprint density at radius 1 is 1.05 bits per heavy atom. The van der Waals surface area contributed by atoms with E-state index in [-0.39, 0.29) is 6.04 Å². The van der Waals surface area contributed by atoms with Gasteiger partial charge in [-0.15, -0.1) is 0 Å². The fourth-order valence-corrected chi connectivity index (χ4v) is 5.34. The molecule has 0 aliphatic heterocycles. The van der Waals surface area contributed by atoms with Crippen LogP contribution in [0.4, 0.5) is 0 Å². The monoisotopic (exact) mass is 275 g/mol. The lowest BCUT2D eigenvalue weighted by Crippen LogP contribution is -2.48. The molecule has 110 valence electrons. The zero-order valence-corrected chi connectivity index (χ0v) is 12.5. The van der Waals surface area contributed by atoms with Crippen LogP contribution in [0.25, 0.3) is 0 Å². The minimum absolute atomic E-state index is 0.0509. The van der Waals surface area contributed by atoms with E-state index in [1.807, 2.05) is 0 Å². The van der Waals surface area contributed by atoms with Gasteiger partial charge in [-0.05, 0) is 61.7 Å². The van der Waals surface area contributed by atoms with E-state index in [4.69, 9.17) is 10.3 Å². The quantitative estimate of drug-likeness (QED) is 0.919. The van der Waals surface area contributed by atoms with E-state index in [0.29, 0.717) is 17.7 Å². The van der Waals surface area contributed by atoms with E-state index in [9.17, 15) is 0 Å². The largest absolute Gasteiger partial charge is 0.338 e. The van der Waals surface area contributed by atoms with Gasteiger partial charge in [0.25, 0.3) is 0 Å². The molecule has 0 aromatic carbocycles. The fourth-order valence-electron chi connectivity index (χ4n) is 5.34. The van der Waals surface area contributed by atoms with Gasteiger partial charge in [0.15, 0.2) is 5.82 Å². The van der Waals surface area contributed by atoms with Gasteiger partial charge in [-0.3, -0.25) is 0 Å². The summed E-state index contributed by atoms with van der Waals surface area (Å²) in [5, 5.41) is 4.08. The van der Waals surface area contributed by atoms with Gasteiger partial charge in [-0.1, -0.05) is 19.0 Å². The normalized spacial score (nSPS) is 40.5. The molecule has 0 saturated heterocycles. The highest BCUT2D eigenvalue weighted by atomic mass is 16.5. The Labute approximate surface area is 120 Å². The summed E-state index contributed by atoms with van der Waals surface area (Å²) in [6.07, 6.45) is 7.02. The van der Waals surface area contributed by atoms with Gasteiger partial charge in [-0.25, -0.2) is 0 Å². The second-order valence-electron chi connectivity index (χ2n) is 7.68. The van der Waals surface area contributed by atoms with Gasteiger partial charge >= 0.3 is 0 Å². The molecule has 0 amide bonds. The van der Waals surface area contributed by atoms with Crippen LogP contribution in [0.5, 0.6) is 0 Å². The number of rotatable bonds is 3. The maximum absolute atomic E-state index is 6.54. The molecule has 5 rings (SSSR count). The van der Waals surface area contributed by atoms with Crippen molar-refractivity contribution in [2.24, 2.45) is 35.3 Å². The summed E-state index contributed by atoms with van der Waals surface area (Å²) in [4.78, 5) is 4.54. The fraction of sp³-hybridized carbons (Fsp3) is 0.875. The Bertz CT molecular complexity index is 468. The highest BCUT2D eigenvalue weighted by Crippen LogP contribution is 2.58. The molecular formula is C16H25N3O. The summed E-state index contributed by atoms with van der Waals surface area (Å²) >= 11 is 0. The highest BCUT2D eigenvalue weighted by Gasteiger charge is 2.51. The predicted molar refractivity (Wildman–Crippen MR) is 75.9 cm³/mol. The van der Waals surface area contributed by atoms with Gasteiger partial charge < -0.3 is 10.3 Å². The molecule has 0 spiro atoms. The maximum Gasteiger partial charge on any atom is 0.243 e. The molecule has 1 atom stereocenters. The average molecular weight is 275 g/mol. The predicted octanol–water partition coefficient (Wildman–Crippen LogP) is 3.27. The SMILES string of the molecule is CC(C)c1noc(C(N)C2C3CC4CC(C3)CC2C4)n1. The van der Waals surface area contributed by atoms with Crippen molar-refractivity contribution in [1.82, 2.24) is 10.1 Å². The van der Waals surface area contributed by atoms with Crippen molar-refractivity contribution in [2.45, 2.75) is 57.9 Å². The first-order valence-electron chi connectivity index (χ1n) is 8.21. The van der Waals surface area contributed by atoms with Crippen molar-refractivity contribution >= 4 is 0 Å². The number of hydrogen-bond acceptors (Lipinski definition) is 4. The van der Waals surface area contributed by atoms with Crippen LogP contribution in [0.1, 0.15) is 69.6 Å². The number of nitrogens with two attached hydrogens (primary N) is 1. The number of hydrogen-bond donors (Lipinski definition) is 1. The first-order chi connectivity index (χ1) is 9.61. The van der Waals surface area contributed by atoms with Crippen LogP contribution in [0.15, 0.2) is 4.52 Å². The lowest BCUT2D eigenvalue weighted by molar-refractivity contribution is -0.0508. The summed E-state index contributed by atoms with van der Waals surface area (Å²) in [5.74, 6) is 5.91. The molecule has 4 aliphatic rings. The van der Waals surface area contributed by atoms with Gasteiger partial charge in [0.2, 0.25) is 5.89 Å². The minimum Gasteiger partial charge on any atom is -0.338 e. The van der Waals surface area contributed by atoms with Crippen molar-refractivity contribution in [3.8, 4) is 0 Å². The molecule has 4 heteroatoms. The summed E-state index contributed by atoms with van der Waals surface area (Å²) in [5.41, 5.74) is 6.54. The maximum atomic E-state index is 6.54. The summed E-state index contributed by atoms with van der Waals surface area (Å²) in [7, 11) is 0. The summed E-state index contributed by atoms with van der Waals surface area (Å²) < 4.78 is 5.46. The first kappa shape index (κ1) is 12.8. The Hall–Kier alpha value is -0.900. The molecule has 1 aromatic rings. The van der Waals surface area contributed by atoms with E-state index in [1.54, 1.807) is 0 Å². The molecule has 4 saturated carbocycles. The second-order valence-corrected chi connectivity index (χ2v) is 7.68. The molecule has 4 nitrogen and oxygen atoms in total. The van der Waals surface area contributed by atoms with Crippen LogP contribution < -0.4 is 5.73 Å². The van der Waals surface area contributed by atoms with E-state index in [1.165, 1.54) is 32.1 Å². The first-order valence-corrected chi connectivity index (χ1v) is 8.21. The smallest absolute Gasteiger partial charge is 0.243 e. The lowest BCUT2D eigenvalue weighted by atomic mass is 9.50. The Balaban J connectivity index is 1.57. The van der Waals surface area contributed by atoms with Crippen molar-refractivity contribution in [2.75, 3.05) is 0 Å². The van der Waals surface area contributed by atoms with Gasteiger partial charge in [0, 0.05) is 5.92 Å². The van der Waals surface area contributed by atoms with E-state index in [2.05, 4.69) is 24.0 Å². The highest BCUT2D eigenvalue weighted by molar-refractivity contribution is 5.05. The van der Waals surface area contributed by atoms with Crippen molar-refractivity contribution in [1.29, 1.82) is 0 Å². The standard InChI is InChI=1S/C16H25N3O/c1-8(2)15-18-16(20-19-15)14(17)13-11-4-9-3-10(6-11)7-12(13)5-9/h8-14H,3-7,17H2,1-2H3. The number of nitrogens with zero attached hydrogens (tertiary/aromatic N) is 2. The van der Waals surface area contributed by atoms with Crippen molar-refractivity contribution in [3.63, 3.8) is 0 Å². The Kier molecular flexibility index (Phi) is 2.92. The molecule has 2 N–H and O–H groups in total. The van der Waals surface area contributed by atoms with Crippen molar-refractivity contribution in [3.05, 3.63) is 11.7 Å². The topological polar surface area (TPSA) is 64.9 Å². The molecule has 1 unspecified atom stereocenters. The van der Waals surface area contributed by atoms with Crippen LogP contribution in [-0.2, 0) is 0 Å². The van der Waals surface area contributed by atoms with E-state index >= 15 is 0 Å². The molecule has 4 fully saturated rings. The van der Waals surface area contributed by atoms with Gasteiger partial charge in [0.05, 0.1) is 6.04 Å². The van der Waals surface area contributed by atoms with Crippen LogP contribution >= 0.6 is 0 Å². The summed E-state index contributed by atoms with van der Waals surface area (Å²) in [6, 6.07) is -0.0509. The third-order valence-corrected chi connectivity index (χ3v) is 5.97. The van der Waals surface area contributed by atoms with Crippen molar-refractivity contribution < 1.29 is 4.52 Å². The third-order valence-electron chi connectivity index (χ3n) is 5.97. The molecule has 4 aliphatic carbocycles. The lowest BCUT2D eigenvalue weighted by Gasteiger charge is -2.55. The van der Waals surface area contributed by atoms with Gasteiger partial charge in [-0.2, -0.15) is 4.98 Å². The molecule has 1 aromatic heterocycles. The molecule has 20 heavy (non-hydrogen) atoms. The molecular weight excluding hydrogens is 250 g/mol. The Morgan fingerprint density at radius 3 is 2.15 bits per heavy atom. The molecule has 1 heterocycles. The van der Waals surface area contributed by atoms with Crippen LogP contribution in [0, 0.1) is 29.6 Å². The van der Waals surface area contributed by atoms with E-state index in [0.717, 1.165) is 29.5 Å². The Morgan fingerprint density at radius 2 is 1.65 bits per heavy atom. The zero-order chi connectivity index (χ0) is 13.9. The van der Waals surface area contributed by atoms with E-state index < -0.39 is 0 Å². The number of aromatic nitrogens is 2. The summed E-state index contributed by atoms with van der Waals surface area (Å²) in [6.45, 7) is 4.17. The second kappa shape index (κ2) is 4.55. The van der Waals surface area contributed by atoms with Crippen LogP contribution in [-0.4, -0.2) is 10.1 Å². The molecule has 4 bridgehead atoms. The zero-order valence-electron chi connectivity index (χ0n) is 12.5. The third kappa shape index (κ3) is 1.92. The van der Waals surface area contributed by atoms with Crippen LogP contribution in [0.2, 0.25) is 0 Å². The van der Waals surface area contributed by atoms with Gasteiger partial charge in [0.1, 0.15) is 0 Å². The minimum atomic E-state index is -0.0509.